The van der Waals surface area contributed by atoms with Crippen molar-refractivity contribution in [3.8, 4) is 0 Å². The summed E-state index contributed by atoms with van der Waals surface area (Å²) in [5.41, 5.74) is 3.19. The summed E-state index contributed by atoms with van der Waals surface area (Å²) < 4.78 is 0. The highest BCUT2D eigenvalue weighted by atomic mass is 32.2. The van der Waals surface area contributed by atoms with Crippen LogP contribution in [-0.4, -0.2) is 62.1 Å². The van der Waals surface area contributed by atoms with E-state index in [0.717, 1.165) is 68.6 Å². The van der Waals surface area contributed by atoms with Crippen LogP contribution in [0.3, 0.4) is 0 Å². The Morgan fingerprint density at radius 2 is 1.28 bits per heavy atom. The molecule has 284 valence electrons. The molecule has 1 aliphatic rings. The molecule has 2 unspecified atom stereocenters. The van der Waals surface area contributed by atoms with Crippen LogP contribution in [0.15, 0.2) is 18.2 Å². The summed E-state index contributed by atoms with van der Waals surface area (Å²) in [5, 5.41) is 9.31. The molecule has 1 aromatic carbocycles. The Labute approximate surface area is 313 Å². The van der Waals surface area contributed by atoms with E-state index in [1.165, 1.54) is 75.3 Å². The maximum absolute atomic E-state index is 13.2. The first-order chi connectivity index (χ1) is 24.4. The first-order valence-electron chi connectivity index (χ1n) is 19.8. The molecule has 7 nitrogen and oxygen atoms in total. The number of ketones is 2. The van der Waals surface area contributed by atoms with Crippen molar-refractivity contribution in [3.05, 3.63) is 34.9 Å². The first kappa shape index (κ1) is 44.3. The average molecular weight is 732 g/mol. The molecule has 1 heterocycles. The molecule has 2 atom stereocenters. The van der Waals surface area contributed by atoms with Crippen LogP contribution in [0.5, 0.6) is 0 Å². The Hall–Kier alpha value is -1.84. The molecule has 1 aromatic rings. The smallest absolute Gasteiger partial charge is 0.237 e. The second-order valence-corrected chi connectivity index (χ2v) is 16.0. The van der Waals surface area contributed by atoms with Crippen LogP contribution in [0.2, 0.25) is 0 Å². The van der Waals surface area contributed by atoms with Gasteiger partial charge in [0.1, 0.15) is 5.78 Å². The molecule has 1 aliphatic heterocycles. The quantitative estimate of drug-likeness (QED) is 0.108. The molecule has 2 rings (SSSR count). The first-order valence-corrected chi connectivity index (χ1v) is 22.5. The summed E-state index contributed by atoms with van der Waals surface area (Å²) in [4.78, 5) is 52.1. The number of hydrogen-bond acceptors (Lipinski definition) is 7. The predicted molar refractivity (Wildman–Crippen MR) is 214 cm³/mol. The number of thioether (sulfide) groups is 2. The van der Waals surface area contributed by atoms with Crippen LogP contribution < -0.4 is 16.0 Å². The lowest BCUT2D eigenvalue weighted by Gasteiger charge is -2.19. The van der Waals surface area contributed by atoms with Gasteiger partial charge < -0.3 is 16.0 Å². The number of rotatable bonds is 17. The fourth-order valence-electron chi connectivity index (χ4n) is 6.94. The number of carbonyl (C=O) groups excluding carboxylic acids is 4. The Morgan fingerprint density at radius 3 is 1.82 bits per heavy atom. The van der Waals surface area contributed by atoms with Gasteiger partial charge in [0.2, 0.25) is 11.8 Å². The van der Waals surface area contributed by atoms with Crippen molar-refractivity contribution in [2.24, 2.45) is 5.92 Å². The molecular weight excluding hydrogens is 663 g/mol. The van der Waals surface area contributed by atoms with Crippen molar-refractivity contribution in [3.63, 3.8) is 0 Å². The predicted octanol–water partition coefficient (Wildman–Crippen LogP) is 9.20. The van der Waals surface area contributed by atoms with Crippen LogP contribution in [0.1, 0.15) is 163 Å². The summed E-state index contributed by atoms with van der Waals surface area (Å²) in [6.45, 7) is 1.45. The van der Waals surface area contributed by atoms with Gasteiger partial charge in [0.15, 0.2) is 5.78 Å². The SMILES string of the molecule is CNC(=O)C(CCCCCC(=O)c1cc(CSC)cc(CSC)c1)CC(=O)CCC1NCCCCCCCCCCCCCCCCNC1=O. The fourth-order valence-corrected chi connectivity index (χ4v) is 7.94. The molecule has 0 bridgehead atoms. The Morgan fingerprint density at radius 1 is 0.740 bits per heavy atom. The van der Waals surface area contributed by atoms with Crippen molar-refractivity contribution in [1.29, 1.82) is 0 Å². The minimum Gasteiger partial charge on any atom is -0.359 e. The number of carbonyl (C=O) groups is 4. The van der Waals surface area contributed by atoms with E-state index in [9.17, 15) is 19.2 Å². The van der Waals surface area contributed by atoms with Crippen molar-refractivity contribution in [2.45, 2.75) is 159 Å². The van der Waals surface area contributed by atoms with Crippen molar-refractivity contribution in [2.75, 3.05) is 32.6 Å². The molecule has 0 spiro atoms. The summed E-state index contributed by atoms with van der Waals surface area (Å²) in [5.74, 6) is 1.48. The highest BCUT2D eigenvalue weighted by molar-refractivity contribution is 7.98. The van der Waals surface area contributed by atoms with Crippen LogP contribution in [0.4, 0.5) is 0 Å². The van der Waals surface area contributed by atoms with E-state index in [0.29, 0.717) is 25.8 Å². The van der Waals surface area contributed by atoms with Crippen molar-refractivity contribution in [1.82, 2.24) is 16.0 Å². The normalized spacial score (nSPS) is 18.5. The maximum Gasteiger partial charge on any atom is 0.237 e. The standard InChI is InChI=1S/C41H69N3O4S2/c1-42-40(47)35(21-17-16-18-22-39(46)36-28-33(31-49-2)27-34(29-36)32-50-3)30-37(45)23-24-38-41(48)44-26-20-15-13-11-9-7-5-4-6-8-10-12-14-19-25-43-38/h27-29,35,38,43H,4-26,30-32H2,1-3H3,(H,42,47)(H,44,48). The van der Waals surface area contributed by atoms with E-state index in [4.69, 9.17) is 0 Å². The third-order valence-electron chi connectivity index (χ3n) is 9.87. The minimum atomic E-state index is -0.390. The molecule has 2 amide bonds. The summed E-state index contributed by atoms with van der Waals surface area (Å²) in [6.07, 6.45) is 26.0. The molecule has 0 aliphatic carbocycles. The average Bonchev–Trinajstić information content (AvgIpc) is 3.10. The van der Waals surface area contributed by atoms with Gasteiger partial charge in [0.05, 0.1) is 6.04 Å². The van der Waals surface area contributed by atoms with Gasteiger partial charge in [0.25, 0.3) is 0 Å². The lowest BCUT2D eigenvalue weighted by Crippen LogP contribution is -2.45. The number of nitrogens with one attached hydrogen (secondary N) is 3. The lowest BCUT2D eigenvalue weighted by molar-refractivity contribution is -0.129. The molecule has 1 fully saturated rings. The van der Waals surface area contributed by atoms with Crippen LogP contribution in [0, 0.1) is 5.92 Å². The van der Waals surface area contributed by atoms with Gasteiger partial charge in [-0.2, -0.15) is 23.5 Å². The van der Waals surface area contributed by atoms with Gasteiger partial charge in [-0.3, -0.25) is 19.2 Å². The molecule has 0 saturated carbocycles. The van der Waals surface area contributed by atoms with Crippen LogP contribution >= 0.6 is 23.5 Å². The number of unbranched alkanes of at least 4 members (excludes halogenated alkanes) is 2. The largest absolute Gasteiger partial charge is 0.359 e. The Balaban J connectivity index is 1.82. The lowest BCUT2D eigenvalue weighted by atomic mass is 9.92. The summed E-state index contributed by atoms with van der Waals surface area (Å²) >= 11 is 3.52. The van der Waals surface area contributed by atoms with E-state index in [2.05, 4.69) is 34.5 Å². The van der Waals surface area contributed by atoms with Crippen molar-refractivity contribution >= 4 is 46.9 Å². The van der Waals surface area contributed by atoms with Gasteiger partial charge in [-0.1, -0.05) is 96.0 Å². The molecule has 0 aromatic heterocycles. The number of amides is 2. The van der Waals surface area contributed by atoms with Crippen LogP contribution in [0.25, 0.3) is 0 Å². The number of Topliss-reactive ketones (excluding diaryl/α,β-unsaturated/α-hetero) is 2. The Bertz CT molecular complexity index is 1090. The Kier molecular flexibility index (Phi) is 25.5. The highest BCUT2D eigenvalue weighted by Gasteiger charge is 2.23. The van der Waals surface area contributed by atoms with Gasteiger partial charge in [0, 0.05) is 55.8 Å². The van der Waals surface area contributed by atoms with E-state index in [-0.39, 0.29) is 42.1 Å². The highest BCUT2D eigenvalue weighted by Crippen LogP contribution is 2.22. The van der Waals surface area contributed by atoms with Gasteiger partial charge in [-0.15, -0.1) is 0 Å². The monoisotopic (exact) mass is 731 g/mol. The zero-order chi connectivity index (χ0) is 36.2. The molecule has 0 radical (unpaired) electrons. The molecule has 1 saturated heterocycles. The van der Waals surface area contributed by atoms with Gasteiger partial charge >= 0.3 is 0 Å². The third kappa shape index (κ3) is 20.3. The molecule has 9 heteroatoms. The molecule has 3 N–H and O–H groups in total. The zero-order valence-corrected chi connectivity index (χ0v) is 33.4. The second-order valence-electron chi connectivity index (χ2n) is 14.3. The minimum absolute atomic E-state index is 0.0129. The van der Waals surface area contributed by atoms with Crippen molar-refractivity contribution < 1.29 is 19.2 Å². The maximum atomic E-state index is 13.2. The molecular formula is C41H69N3O4S2. The van der Waals surface area contributed by atoms with E-state index in [1.54, 1.807) is 30.6 Å². The van der Waals surface area contributed by atoms with E-state index < -0.39 is 6.04 Å². The summed E-state index contributed by atoms with van der Waals surface area (Å²) in [7, 11) is 1.62. The van der Waals surface area contributed by atoms with E-state index >= 15 is 0 Å². The van der Waals surface area contributed by atoms with Gasteiger partial charge in [-0.25, -0.2) is 0 Å². The van der Waals surface area contributed by atoms with E-state index in [1.807, 2.05) is 12.1 Å². The summed E-state index contributed by atoms with van der Waals surface area (Å²) in [6, 6.07) is 5.88. The fraction of sp³-hybridized carbons (Fsp3) is 0.756. The number of benzene rings is 1. The van der Waals surface area contributed by atoms with Gasteiger partial charge in [-0.05, 0) is 74.4 Å². The van der Waals surface area contributed by atoms with Crippen LogP contribution in [-0.2, 0) is 25.9 Å². The topological polar surface area (TPSA) is 104 Å². The molecule has 50 heavy (non-hydrogen) atoms. The second kappa shape index (κ2) is 28.7. The number of hydrogen-bond donors (Lipinski definition) is 3. The zero-order valence-electron chi connectivity index (χ0n) is 31.7. The third-order valence-corrected chi connectivity index (χ3v) is 11.1.